The fraction of sp³-hybridized carbons (Fsp3) is 0.778. The van der Waals surface area contributed by atoms with Gasteiger partial charge in [0.15, 0.2) is 0 Å². The maximum atomic E-state index is 11.6. The van der Waals surface area contributed by atoms with Crippen LogP contribution in [0.3, 0.4) is 0 Å². The van der Waals surface area contributed by atoms with Crippen molar-refractivity contribution in [3.8, 4) is 0 Å². The van der Waals surface area contributed by atoms with E-state index in [2.05, 4.69) is 5.32 Å². The van der Waals surface area contributed by atoms with Crippen LogP contribution >= 0.6 is 0 Å². The largest absolute Gasteiger partial charge is 0.368 e. The number of nitrogens with zero attached hydrogens (tertiary/aromatic N) is 1. The molecule has 1 aliphatic heterocycles. The maximum Gasteiger partial charge on any atom is 0.236 e. The highest BCUT2D eigenvalue weighted by Crippen LogP contribution is 2.18. The monoisotopic (exact) mass is 263 g/mol. The van der Waals surface area contributed by atoms with Gasteiger partial charge in [0.1, 0.15) is 0 Å². The molecule has 7 nitrogen and oxygen atoms in total. The van der Waals surface area contributed by atoms with Crippen LogP contribution in [0.25, 0.3) is 0 Å². The minimum atomic E-state index is -3.17. The first-order chi connectivity index (χ1) is 7.80. The molecule has 0 aromatic heterocycles. The van der Waals surface area contributed by atoms with E-state index in [4.69, 9.17) is 5.73 Å². The van der Waals surface area contributed by atoms with Gasteiger partial charge in [0.2, 0.25) is 21.8 Å². The number of piperidine rings is 1. The number of hydrogen-bond acceptors (Lipinski definition) is 4. The Balaban J connectivity index is 2.41. The van der Waals surface area contributed by atoms with Gasteiger partial charge in [-0.15, -0.1) is 0 Å². The minimum Gasteiger partial charge on any atom is -0.368 e. The number of nitrogens with two attached hydrogens (primary N) is 1. The predicted octanol–water partition coefficient (Wildman–Crippen LogP) is -1.74. The third-order valence-electron chi connectivity index (χ3n) is 2.73. The van der Waals surface area contributed by atoms with E-state index in [-0.39, 0.29) is 18.4 Å². The molecule has 0 aromatic carbocycles. The molecule has 98 valence electrons. The molecule has 1 fully saturated rings. The number of amides is 2. The van der Waals surface area contributed by atoms with Crippen LogP contribution < -0.4 is 11.1 Å². The molecule has 17 heavy (non-hydrogen) atoms. The van der Waals surface area contributed by atoms with Crippen molar-refractivity contribution in [1.29, 1.82) is 0 Å². The summed E-state index contributed by atoms with van der Waals surface area (Å²) in [4.78, 5) is 22.1. The van der Waals surface area contributed by atoms with Crippen molar-refractivity contribution in [2.45, 2.75) is 12.8 Å². The lowest BCUT2D eigenvalue weighted by Gasteiger charge is -2.29. The van der Waals surface area contributed by atoms with Gasteiger partial charge in [0.25, 0.3) is 0 Å². The zero-order valence-electron chi connectivity index (χ0n) is 9.68. The smallest absolute Gasteiger partial charge is 0.236 e. The Hall–Kier alpha value is -1.15. The quantitative estimate of drug-likeness (QED) is 0.627. The molecule has 0 saturated carbocycles. The van der Waals surface area contributed by atoms with Crippen molar-refractivity contribution >= 4 is 21.8 Å². The summed E-state index contributed by atoms with van der Waals surface area (Å²) < 4.78 is 23.8. The predicted molar refractivity (Wildman–Crippen MR) is 61.3 cm³/mol. The van der Waals surface area contributed by atoms with Crippen LogP contribution in [0.1, 0.15) is 12.8 Å². The van der Waals surface area contributed by atoms with Crippen molar-refractivity contribution in [3.05, 3.63) is 0 Å². The fourth-order valence-corrected chi connectivity index (χ4v) is 2.64. The summed E-state index contributed by atoms with van der Waals surface area (Å²) >= 11 is 0. The fourth-order valence-electron chi connectivity index (χ4n) is 1.77. The Labute approximate surface area is 100 Å². The van der Waals surface area contributed by atoms with Crippen LogP contribution in [-0.2, 0) is 19.6 Å². The van der Waals surface area contributed by atoms with Gasteiger partial charge < -0.3 is 11.1 Å². The van der Waals surface area contributed by atoms with E-state index in [9.17, 15) is 18.0 Å². The molecule has 8 heteroatoms. The van der Waals surface area contributed by atoms with Crippen LogP contribution in [0.2, 0.25) is 0 Å². The Morgan fingerprint density at radius 1 is 1.35 bits per heavy atom. The van der Waals surface area contributed by atoms with E-state index in [1.165, 1.54) is 4.31 Å². The number of rotatable bonds is 4. The molecule has 1 rings (SSSR count). The van der Waals surface area contributed by atoms with Crippen LogP contribution in [-0.4, -0.2) is 50.4 Å². The average molecular weight is 263 g/mol. The number of sulfonamides is 1. The molecular formula is C9H17N3O4S. The van der Waals surface area contributed by atoms with Gasteiger partial charge in [-0.1, -0.05) is 0 Å². The zero-order valence-corrected chi connectivity index (χ0v) is 10.5. The Bertz CT molecular complexity index is 398. The summed E-state index contributed by atoms with van der Waals surface area (Å²) in [6.07, 6.45) is 2.09. The maximum absolute atomic E-state index is 11.6. The standard InChI is InChI=1S/C9H17N3O4S/c1-17(15,16)12-4-2-7(3-5-12)9(14)11-6-8(10)13/h7H,2-6H2,1H3,(H2,10,13)(H,11,14). The Morgan fingerprint density at radius 2 is 1.88 bits per heavy atom. The highest BCUT2D eigenvalue weighted by molar-refractivity contribution is 7.88. The van der Waals surface area contributed by atoms with Gasteiger partial charge >= 0.3 is 0 Å². The molecule has 0 unspecified atom stereocenters. The number of carbonyl (C=O) groups is 2. The van der Waals surface area contributed by atoms with E-state index in [1.807, 2.05) is 0 Å². The summed E-state index contributed by atoms with van der Waals surface area (Å²) in [7, 11) is -3.17. The summed E-state index contributed by atoms with van der Waals surface area (Å²) in [5.41, 5.74) is 4.91. The highest BCUT2D eigenvalue weighted by atomic mass is 32.2. The van der Waals surface area contributed by atoms with E-state index < -0.39 is 15.9 Å². The molecular weight excluding hydrogens is 246 g/mol. The number of carbonyl (C=O) groups excluding carboxylic acids is 2. The normalized spacial score (nSPS) is 18.9. The number of primary amides is 1. The molecule has 1 saturated heterocycles. The topological polar surface area (TPSA) is 110 Å². The third kappa shape index (κ3) is 4.31. The second-order valence-electron chi connectivity index (χ2n) is 4.12. The molecule has 0 radical (unpaired) electrons. The average Bonchev–Trinajstić information content (AvgIpc) is 2.25. The Morgan fingerprint density at radius 3 is 2.29 bits per heavy atom. The summed E-state index contributed by atoms with van der Waals surface area (Å²) in [6.45, 7) is 0.506. The van der Waals surface area contributed by atoms with Crippen molar-refractivity contribution in [1.82, 2.24) is 9.62 Å². The van der Waals surface area contributed by atoms with E-state index in [0.717, 1.165) is 6.26 Å². The van der Waals surface area contributed by atoms with Gasteiger partial charge in [0.05, 0.1) is 12.8 Å². The third-order valence-corrected chi connectivity index (χ3v) is 4.03. The number of hydrogen-bond donors (Lipinski definition) is 2. The van der Waals surface area contributed by atoms with Crippen molar-refractivity contribution in [3.63, 3.8) is 0 Å². The highest BCUT2D eigenvalue weighted by Gasteiger charge is 2.28. The first-order valence-corrected chi connectivity index (χ1v) is 7.16. The van der Waals surface area contributed by atoms with Gasteiger partial charge in [-0.25, -0.2) is 12.7 Å². The zero-order chi connectivity index (χ0) is 13.1. The molecule has 2 amide bonds. The molecule has 3 N–H and O–H groups in total. The van der Waals surface area contributed by atoms with Crippen LogP contribution in [0, 0.1) is 5.92 Å². The minimum absolute atomic E-state index is 0.175. The Kier molecular flexibility index (Phi) is 4.47. The summed E-state index contributed by atoms with van der Waals surface area (Å²) in [5.74, 6) is -1.07. The molecule has 1 aliphatic rings. The SMILES string of the molecule is CS(=O)(=O)N1CCC(C(=O)NCC(N)=O)CC1. The first-order valence-electron chi connectivity index (χ1n) is 5.32. The summed E-state index contributed by atoms with van der Waals surface area (Å²) in [6, 6.07) is 0. The van der Waals surface area contributed by atoms with Gasteiger partial charge in [-0.3, -0.25) is 9.59 Å². The van der Waals surface area contributed by atoms with Gasteiger partial charge in [0, 0.05) is 19.0 Å². The van der Waals surface area contributed by atoms with Crippen molar-refractivity contribution in [2.24, 2.45) is 11.7 Å². The van der Waals surface area contributed by atoms with E-state index in [1.54, 1.807) is 0 Å². The molecule has 0 spiro atoms. The van der Waals surface area contributed by atoms with Gasteiger partial charge in [-0.05, 0) is 12.8 Å². The van der Waals surface area contributed by atoms with E-state index in [0.29, 0.717) is 25.9 Å². The molecule has 0 aliphatic carbocycles. The van der Waals surface area contributed by atoms with Crippen LogP contribution in [0.5, 0.6) is 0 Å². The number of nitrogens with one attached hydrogen (secondary N) is 1. The van der Waals surface area contributed by atoms with Crippen LogP contribution in [0.4, 0.5) is 0 Å². The second-order valence-corrected chi connectivity index (χ2v) is 6.10. The lowest BCUT2D eigenvalue weighted by atomic mass is 9.97. The molecule has 0 aromatic rings. The molecule has 0 bridgehead atoms. The lowest BCUT2D eigenvalue weighted by Crippen LogP contribution is -2.44. The lowest BCUT2D eigenvalue weighted by molar-refractivity contribution is -0.128. The van der Waals surface area contributed by atoms with Crippen molar-refractivity contribution < 1.29 is 18.0 Å². The summed E-state index contributed by atoms with van der Waals surface area (Å²) in [5, 5.41) is 2.42. The van der Waals surface area contributed by atoms with Crippen molar-refractivity contribution in [2.75, 3.05) is 25.9 Å². The molecule has 1 heterocycles. The molecule has 0 atom stereocenters. The second kappa shape index (κ2) is 5.46. The van der Waals surface area contributed by atoms with Gasteiger partial charge in [-0.2, -0.15) is 0 Å². The van der Waals surface area contributed by atoms with E-state index >= 15 is 0 Å². The van der Waals surface area contributed by atoms with Crippen LogP contribution in [0.15, 0.2) is 0 Å². The first kappa shape index (κ1) is 13.9.